The summed E-state index contributed by atoms with van der Waals surface area (Å²) in [6.07, 6.45) is 0.759. The van der Waals surface area contributed by atoms with E-state index < -0.39 is 17.8 Å². The highest BCUT2D eigenvalue weighted by molar-refractivity contribution is 7.98. The standard InChI is InChI=1S/C32H31F3N6OS2/c1-22(38-30(42)15-27-17-37-21-41(27)19-24-9-7-23(16-36)8-10-24)18-40(20-25-5-3-4-6-29(25)32(33,34)35)31(43)39-26-11-13-28(44-2)14-12-26/h3-14,17,21-22H,15,18-20H2,1-2H3,(H,38,42)(H,39,43)/t22-/m0/s1. The number of carbonyl (C=O) groups excluding carboxylic acids is 1. The van der Waals surface area contributed by atoms with Crippen molar-refractivity contribution in [3.63, 3.8) is 0 Å². The number of nitrogens with one attached hydrogen (secondary N) is 2. The molecule has 1 aromatic heterocycles. The molecule has 44 heavy (non-hydrogen) atoms. The molecule has 1 atom stereocenters. The van der Waals surface area contributed by atoms with Gasteiger partial charge in [0.15, 0.2) is 5.11 Å². The molecule has 0 saturated heterocycles. The van der Waals surface area contributed by atoms with Crippen LogP contribution in [0.5, 0.6) is 0 Å². The smallest absolute Gasteiger partial charge is 0.352 e. The highest BCUT2D eigenvalue weighted by Crippen LogP contribution is 2.32. The number of aromatic nitrogens is 2. The third kappa shape index (κ3) is 9.08. The fraction of sp³-hybridized carbons (Fsp3) is 0.250. The molecule has 0 fully saturated rings. The first kappa shape index (κ1) is 32.6. The third-order valence-electron chi connectivity index (χ3n) is 6.79. The number of carbonyl (C=O) groups is 1. The molecule has 0 saturated carbocycles. The number of imidazole rings is 1. The summed E-state index contributed by atoms with van der Waals surface area (Å²) in [5, 5.41) is 15.3. The Balaban J connectivity index is 1.45. The van der Waals surface area contributed by atoms with Gasteiger partial charge in [0.1, 0.15) is 0 Å². The van der Waals surface area contributed by atoms with Crippen molar-refractivity contribution in [3.8, 4) is 6.07 Å². The lowest BCUT2D eigenvalue weighted by molar-refractivity contribution is -0.138. The molecule has 3 aromatic carbocycles. The molecular formula is C32H31F3N6OS2. The average molecular weight is 637 g/mol. The van der Waals surface area contributed by atoms with Gasteiger partial charge in [-0.05, 0) is 79.0 Å². The Bertz CT molecular complexity index is 1610. The molecule has 228 valence electrons. The Labute approximate surface area is 264 Å². The molecule has 4 aromatic rings. The van der Waals surface area contributed by atoms with Crippen molar-refractivity contribution in [3.05, 3.63) is 113 Å². The molecule has 0 unspecified atom stereocenters. The van der Waals surface area contributed by atoms with Crippen molar-refractivity contribution in [2.75, 3.05) is 18.1 Å². The third-order valence-corrected chi connectivity index (χ3v) is 7.89. The van der Waals surface area contributed by atoms with Gasteiger partial charge in [-0.2, -0.15) is 18.4 Å². The van der Waals surface area contributed by atoms with Crippen LogP contribution in [0, 0.1) is 11.3 Å². The molecule has 0 aliphatic carbocycles. The minimum Gasteiger partial charge on any atom is -0.352 e. The number of hydrogen-bond donors (Lipinski definition) is 2. The van der Waals surface area contributed by atoms with E-state index in [9.17, 15) is 18.0 Å². The summed E-state index contributed by atoms with van der Waals surface area (Å²) < 4.78 is 43.2. The fourth-order valence-corrected chi connectivity index (χ4v) is 5.29. The van der Waals surface area contributed by atoms with Gasteiger partial charge in [-0.15, -0.1) is 11.8 Å². The first-order chi connectivity index (χ1) is 21.0. The molecule has 0 radical (unpaired) electrons. The van der Waals surface area contributed by atoms with Crippen molar-refractivity contribution in [1.29, 1.82) is 5.26 Å². The summed E-state index contributed by atoms with van der Waals surface area (Å²) in [6, 6.07) is 21.8. The van der Waals surface area contributed by atoms with Crippen LogP contribution >= 0.6 is 24.0 Å². The number of alkyl halides is 3. The molecule has 4 rings (SSSR count). The Morgan fingerprint density at radius 1 is 1.11 bits per heavy atom. The maximum Gasteiger partial charge on any atom is 0.416 e. The van der Waals surface area contributed by atoms with Gasteiger partial charge in [-0.25, -0.2) is 4.98 Å². The number of benzene rings is 3. The summed E-state index contributed by atoms with van der Waals surface area (Å²) in [5.41, 5.74) is 2.26. The zero-order valence-electron chi connectivity index (χ0n) is 24.1. The van der Waals surface area contributed by atoms with Crippen molar-refractivity contribution in [2.45, 2.75) is 43.5 Å². The minimum atomic E-state index is -4.52. The van der Waals surface area contributed by atoms with Crippen LogP contribution in [0.3, 0.4) is 0 Å². The molecule has 7 nitrogen and oxygen atoms in total. The molecule has 0 aliphatic heterocycles. The zero-order chi connectivity index (χ0) is 31.7. The number of nitrogens with zero attached hydrogens (tertiary/aromatic N) is 4. The number of nitriles is 1. The number of anilines is 1. The van der Waals surface area contributed by atoms with Crippen molar-refractivity contribution >= 4 is 40.7 Å². The van der Waals surface area contributed by atoms with Crippen LogP contribution in [0.15, 0.2) is 90.2 Å². The second-order valence-corrected chi connectivity index (χ2v) is 11.4. The van der Waals surface area contributed by atoms with Crippen molar-refractivity contribution < 1.29 is 18.0 Å². The summed E-state index contributed by atoms with van der Waals surface area (Å²) >= 11 is 7.25. The largest absolute Gasteiger partial charge is 0.416 e. The van der Waals surface area contributed by atoms with Gasteiger partial charge in [-0.3, -0.25) is 4.79 Å². The van der Waals surface area contributed by atoms with E-state index in [4.69, 9.17) is 17.5 Å². The highest BCUT2D eigenvalue weighted by Gasteiger charge is 2.33. The first-order valence-corrected chi connectivity index (χ1v) is 15.3. The normalized spacial score (nSPS) is 11.8. The van der Waals surface area contributed by atoms with Gasteiger partial charge in [0.2, 0.25) is 5.91 Å². The minimum absolute atomic E-state index is 0.0576. The van der Waals surface area contributed by atoms with Gasteiger partial charge in [0.05, 0.1) is 29.9 Å². The Hall–Kier alpha value is -4.34. The molecule has 2 N–H and O–H groups in total. The number of hydrogen-bond acceptors (Lipinski definition) is 5. The van der Waals surface area contributed by atoms with Crippen LogP contribution in [0.25, 0.3) is 0 Å². The van der Waals surface area contributed by atoms with E-state index >= 15 is 0 Å². The van der Waals surface area contributed by atoms with E-state index in [1.165, 1.54) is 12.1 Å². The quantitative estimate of drug-likeness (QED) is 0.144. The van der Waals surface area contributed by atoms with E-state index in [0.717, 1.165) is 16.5 Å². The second-order valence-electron chi connectivity index (χ2n) is 10.2. The maximum absolute atomic E-state index is 13.8. The van der Waals surface area contributed by atoms with Crippen LogP contribution in [-0.4, -0.2) is 44.3 Å². The van der Waals surface area contributed by atoms with Gasteiger partial charge in [-0.1, -0.05) is 30.3 Å². The van der Waals surface area contributed by atoms with Gasteiger partial charge in [0, 0.05) is 48.1 Å². The molecular weight excluding hydrogens is 606 g/mol. The number of halogens is 3. The summed E-state index contributed by atoms with van der Waals surface area (Å²) in [7, 11) is 0. The summed E-state index contributed by atoms with van der Waals surface area (Å²) in [6.45, 7) is 2.32. The van der Waals surface area contributed by atoms with Crippen LogP contribution in [0.2, 0.25) is 0 Å². The Morgan fingerprint density at radius 3 is 2.48 bits per heavy atom. The Morgan fingerprint density at radius 2 is 1.82 bits per heavy atom. The molecule has 1 amide bonds. The topological polar surface area (TPSA) is 86.0 Å². The van der Waals surface area contributed by atoms with Gasteiger partial charge < -0.3 is 20.1 Å². The predicted molar refractivity (Wildman–Crippen MR) is 170 cm³/mol. The number of thiocarbonyl (C=S) groups is 1. The molecule has 0 aliphatic rings. The first-order valence-electron chi connectivity index (χ1n) is 13.7. The number of amides is 1. The van der Waals surface area contributed by atoms with Crippen molar-refractivity contribution in [2.24, 2.45) is 0 Å². The number of thioether (sulfide) groups is 1. The predicted octanol–water partition coefficient (Wildman–Crippen LogP) is 6.49. The lowest BCUT2D eigenvalue weighted by atomic mass is 10.1. The molecule has 0 spiro atoms. The van der Waals surface area contributed by atoms with E-state index in [2.05, 4.69) is 21.7 Å². The molecule has 1 heterocycles. The number of rotatable bonds is 11. The van der Waals surface area contributed by atoms with Gasteiger partial charge in [0.25, 0.3) is 0 Å². The van der Waals surface area contributed by atoms with Gasteiger partial charge >= 0.3 is 6.18 Å². The monoisotopic (exact) mass is 636 g/mol. The van der Waals surface area contributed by atoms with Crippen molar-refractivity contribution in [1.82, 2.24) is 19.8 Å². The molecule has 0 bridgehead atoms. The average Bonchev–Trinajstić information content (AvgIpc) is 3.43. The van der Waals surface area contributed by atoms with Crippen LogP contribution in [0.4, 0.5) is 18.9 Å². The Kier molecular flexibility index (Phi) is 11.0. The molecule has 12 heteroatoms. The lowest BCUT2D eigenvalue weighted by Crippen LogP contribution is -2.46. The van der Waals surface area contributed by atoms with E-state index in [0.29, 0.717) is 23.5 Å². The second kappa shape index (κ2) is 14.9. The van der Waals surface area contributed by atoms with E-state index in [1.807, 2.05) is 47.2 Å². The van der Waals surface area contributed by atoms with Crippen LogP contribution < -0.4 is 10.6 Å². The summed E-state index contributed by atoms with van der Waals surface area (Å²) in [4.78, 5) is 19.9. The van der Waals surface area contributed by atoms with Crippen LogP contribution in [-0.2, 0) is 30.5 Å². The highest BCUT2D eigenvalue weighted by atomic mass is 32.2. The SMILES string of the molecule is CSc1ccc(NC(=S)N(Cc2ccccc2C(F)(F)F)C[C@H](C)NC(=O)Cc2cncn2Cc2ccc(C#N)cc2)cc1. The zero-order valence-corrected chi connectivity index (χ0v) is 25.8. The fourth-order valence-electron chi connectivity index (χ4n) is 4.62. The van der Waals surface area contributed by atoms with E-state index in [1.54, 1.807) is 54.3 Å². The lowest BCUT2D eigenvalue weighted by Gasteiger charge is -2.30. The van der Waals surface area contributed by atoms with E-state index in [-0.39, 0.29) is 36.1 Å². The van der Waals surface area contributed by atoms with Crippen LogP contribution in [0.1, 0.15) is 34.9 Å². The maximum atomic E-state index is 13.8. The summed E-state index contributed by atoms with van der Waals surface area (Å²) in [5.74, 6) is -0.263.